The molecule has 3 rings (SSSR count). The topological polar surface area (TPSA) is 85.3 Å². The van der Waals surface area contributed by atoms with Gasteiger partial charge in [-0.25, -0.2) is 0 Å². The molecule has 0 radical (unpaired) electrons. The first kappa shape index (κ1) is 26.3. The molecule has 34 heavy (non-hydrogen) atoms. The van der Waals surface area contributed by atoms with Gasteiger partial charge in [0.15, 0.2) is 16.7 Å². The van der Waals surface area contributed by atoms with E-state index in [4.69, 9.17) is 9.47 Å². The van der Waals surface area contributed by atoms with Gasteiger partial charge in [0.25, 0.3) is 15.9 Å². The third kappa shape index (κ3) is 6.64. The average molecular weight is 523 g/mol. The Morgan fingerprint density at radius 2 is 1.88 bits per heavy atom. The summed E-state index contributed by atoms with van der Waals surface area (Å²) >= 11 is 2.15. The molecule has 0 saturated carbocycles. The lowest BCUT2D eigenvalue weighted by Crippen LogP contribution is -2.29. The van der Waals surface area contributed by atoms with Gasteiger partial charge in [0, 0.05) is 6.54 Å². The summed E-state index contributed by atoms with van der Waals surface area (Å²) in [6.07, 6.45) is 7.51. The molecule has 10 heteroatoms. The highest BCUT2D eigenvalue weighted by atomic mass is 32.2. The quantitative estimate of drug-likeness (QED) is 0.259. The van der Waals surface area contributed by atoms with Crippen LogP contribution in [0.25, 0.3) is 6.08 Å². The van der Waals surface area contributed by atoms with Gasteiger partial charge in [-0.15, -0.1) is 15.7 Å². The highest BCUT2D eigenvalue weighted by Gasteiger charge is 2.34. The highest BCUT2D eigenvalue weighted by Crippen LogP contribution is 2.35. The van der Waals surface area contributed by atoms with Crippen LogP contribution in [0, 0.1) is 0 Å². The van der Waals surface area contributed by atoms with E-state index in [-0.39, 0.29) is 15.3 Å². The molecule has 0 aliphatic carbocycles. The fraction of sp³-hybridized carbons (Fsp3) is 0.417. The maximum absolute atomic E-state index is 12.9. The van der Waals surface area contributed by atoms with E-state index in [9.17, 15) is 13.2 Å². The summed E-state index contributed by atoms with van der Waals surface area (Å²) in [7, 11) is -2.29. The minimum absolute atomic E-state index is 0.146. The zero-order valence-corrected chi connectivity index (χ0v) is 22.1. The number of likely N-dealkylation sites (N-methyl/N-ethyl adjacent to an activating group) is 1. The van der Waals surface area contributed by atoms with E-state index < -0.39 is 10.0 Å². The molecule has 0 spiro atoms. The van der Waals surface area contributed by atoms with Gasteiger partial charge in [-0.05, 0) is 60.3 Å². The van der Waals surface area contributed by atoms with Crippen LogP contribution in [0.2, 0.25) is 0 Å². The third-order valence-corrected chi connectivity index (χ3v) is 8.90. The van der Waals surface area contributed by atoms with Gasteiger partial charge in [-0.3, -0.25) is 9.69 Å². The molecule has 1 amide bonds. The molecule has 0 bridgehead atoms. The summed E-state index contributed by atoms with van der Waals surface area (Å²) in [5.41, 5.74) is 0.751. The van der Waals surface area contributed by atoms with Crippen LogP contribution in [0.15, 0.2) is 49.2 Å². The number of nitrogens with zero attached hydrogens (tertiary/aromatic N) is 2. The van der Waals surface area contributed by atoms with Gasteiger partial charge in [-0.2, -0.15) is 8.42 Å². The molecule has 1 saturated heterocycles. The van der Waals surface area contributed by atoms with Gasteiger partial charge < -0.3 is 9.47 Å². The summed E-state index contributed by atoms with van der Waals surface area (Å²) < 4.78 is 40.6. The fourth-order valence-corrected chi connectivity index (χ4v) is 6.56. The van der Waals surface area contributed by atoms with E-state index in [0.717, 1.165) is 41.5 Å². The van der Waals surface area contributed by atoms with Gasteiger partial charge in [0.2, 0.25) is 0 Å². The van der Waals surface area contributed by atoms with Gasteiger partial charge in [0.05, 0.1) is 18.6 Å². The van der Waals surface area contributed by atoms with E-state index in [1.807, 2.05) is 12.1 Å². The second kappa shape index (κ2) is 12.4. The van der Waals surface area contributed by atoms with Gasteiger partial charge >= 0.3 is 0 Å². The molecule has 184 valence electrons. The molecule has 1 aliphatic heterocycles. The molecule has 0 unspecified atom stereocenters. The predicted octanol–water partition coefficient (Wildman–Crippen LogP) is 5.79. The van der Waals surface area contributed by atoms with Gasteiger partial charge in [0.1, 0.15) is 4.21 Å². The van der Waals surface area contributed by atoms with E-state index in [0.29, 0.717) is 29.6 Å². The number of unbranched alkanes of at least 4 members (excludes halogenated alkanes) is 4. The number of sulfonamides is 1. The van der Waals surface area contributed by atoms with Crippen molar-refractivity contribution in [2.75, 3.05) is 20.3 Å². The van der Waals surface area contributed by atoms with E-state index in [1.165, 1.54) is 30.2 Å². The fourth-order valence-electron chi connectivity index (χ4n) is 3.35. The summed E-state index contributed by atoms with van der Waals surface area (Å²) in [5.74, 6) is 0.962. The average Bonchev–Trinajstić information content (AvgIpc) is 3.46. The van der Waals surface area contributed by atoms with Crippen LogP contribution < -0.4 is 9.47 Å². The van der Waals surface area contributed by atoms with E-state index >= 15 is 0 Å². The van der Waals surface area contributed by atoms with Crippen LogP contribution in [0.3, 0.4) is 0 Å². The minimum Gasteiger partial charge on any atom is -0.493 e. The summed E-state index contributed by atoms with van der Waals surface area (Å²) in [4.78, 5) is 14.7. The molecule has 2 aromatic rings. The Morgan fingerprint density at radius 3 is 2.56 bits per heavy atom. The predicted molar refractivity (Wildman–Crippen MR) is 139 cm³/mol. The second-order valence-corrected chi connectivity index (χ2v) is 11.4. The maximum Gasteiger partial charge on any atom is 0.294 e. The van der Waals surface area contributed by atoms with Crippen molar-refractivity contribution in [3.8, 4) is 11.5 Å². The number of carbonyl (C=O) groups excluding carboxylic acids is 1. The number of amidine groups is 1. The second-order valence-electron chi connectivity index (χ2n) is 7.61. The Balaban J connectivity index is 1.75. The Morgan fingerprint density at radius 1 is 1.09 bits per heavy atom. The van der Waals surface area contributed by atoms with Crippen LogP contribution in [0.5, 0.6) is 11.5 Å². The molecular formula is C24H30N2O5S3. The number of amides is 1. The van der Waals surface area contributed by atoms with Crippen molar-refractivity contribution in [2.24, 2.45) is 4.40 Å². The van der Waals surface area contributed by atoms with Crippen molar-refractivity contribution >= 4 is 50.3 Å². The highest BCUT2D eigenvalue weighted by molar-refractivity contribution is 8.19. The number of rotatable bonds is 12. The van der Waals surface area contributed by atoms with Crippen LogP contribution in [0.1, 0.15) is 51.5 Å². The lowest BCUT2D eigenvalue weighted by Gasteiger charge is -2.12. The van der Waals surface area contributed by atoms with Crippen LogP contribution >= 0.6 is 23.1 Å². The maximum atomic E-state index is 12.9. The monoisotopic (exact) mass is 522 g/mol. The van der Waals surface area contributed by atoms with Crippen LogP contribution in [0.4, 0.5) is 0 Å². The van der Waals surface area contributed by atoms with Crippen molar-refractivity contribution in [2.45, 2.75) is 50.2 Å². The number of methoxy groups -OCH3 is 1. The number of thiophene rings is 1. The Hall–Kier alpha value is -2.30. The SMILES string of the molecule is CCCCCCCOc1ccc(/C=C2\SC(=NS(=O)(=O)c3cccs3)N(CC)C2=O)cc1OC. The first-order valence-corrected chi connectivity index (χ1v) is 14.4. The number of thioether (sulfide) groups is 1. The molecule has 7 nitrogen and oxygen atoms in total. The zero-order valence-electron chi connectivity index (χ0n) is 19.7. The molecule has 1 aliphatic rings. The molecular weight excluding hydrogens is 492 g/mol. The number of benzene rings is 1. The minimum atomic E-state index is -3.87. The lowest BCUT2D eigenvalue weighted by molar-refractivity contribution is -0.122. The van der Waals surface area contributed by atoms with E-state index in [2.05, 4.69) is 11.3 Å². The van der Waals surface area contributed by atoms with Gasteiger partial charge in [-0.1, -0.05) is 44.7 Å². The first-order valence-electron chi connectivity index (χ1n) is 11.3. The van der Waals surface area contributed by atoms with E-state index in [1.54, 1.807) is 37.6 Å². The number of carbonyl (C=O) groups is 1. The third-order valence-electron chi connectivity index (χ3n) is 5.14. The molecule has 2 heterocycles. The molecule has 0 N–H and O–H groups in total. The number of hydrogen-bond donors (Lipinski definition) is 0. The Kier molecular flexibility index (Phi) is 9.61. The summed E-state index contributed by atoms with van der Waals surface area (Å²) in [5, 5.41) is 1.83. The number of hydrogen-bond acceptors (Lipinski definition) is 7. The normalized spacial score (nSPS) is 16.6. The van der Waals surface area contributed by atoms with Crippen LogP contribution in [-0.4, -0.2) is 44.7 Å². The summed E-state index contributed by atoms with van der Waals surface area (Å²) in [6.45, 7) is 4.91. The van der Waals surface area contributed by atoms with Crippen molar-refractivity contribution in [1.82, 2.24) is 4.90 Å². The van der Waals surface area contributed by atoms with Crippen molar-refractivity contribution in [3.63, 3.8) is 0 Å². The van der Waals surface area contributed by atoms with Crippen molar-refractivity contribution in [3.05, 3.63) is 46.2 Å². The van der Waals surface area contributed by atoms with Crippen molar-refractivity contribution in [1.29, 1.82) is 0 Å². The molecule has 0 atom stereocenters. The first-order chi connectivity index (χ1) is 16.4. The molecule has 1 aromatic heterocycles. The Labute approximate surface area is 209 Å². The molecule has 1 aromatic carbocycles. The molecule has 1 fully saturated rings. The zero-order chi connectivity index (χ0) is 24.6. The lowest BCUT2D eigenvalue weighted by atomic mass is 10.1. The Bertz CT molecular complexity index is 1140. The van der Waals surface area contributed by atoms with Crippen LogP contribution in [-0.2, 0) is 14.8 Å². The summed E-state index contributed by atoms with van der Waals surface area (Å²) in [6, 6.07) is 8.64. The number of ether oxygens (including phenoxy) is 2. The smallest absolute Gasteiger partial charge is 0.294 e. The standard InChI is InChI=1S/C24H30N2O5S3/c1-4-6-7-8-9-14-31-19-13-12-18(16-20(19)30-3)17-21-23(27)26(5-2)24(33-21)25-34(28,29)22-11-10-15-32-22/h10-13,15-17H,4-9,14H2,1-3H3/b21-17-,25-24?. The van der Waals surface area contributed by atoms with Crippen molar-refractivity contribution < 1.29 is 22.7 Å². The largest absolute Gasteiger partial charge is 0.493 e.